The Hall–Kier alpha value is -3.23. The summed E-state index contributed by atoms with van der Waals surface area (Å²) in [6.45, 7) is 0.290. The summed E-state index contributed by atoms with van der Waals surface area (Å²) < 4.78 is 32.1. The second kappa shape index (κ2) is 8.85. The van der Waals surface area contributed by atoms with Crippen molar-refractivity contribution in [3.05, 3.63) is 83.4 Å². The zero-order valence-corrected chi connectivity index (χ0v) is 16.6. The minimum absolute atomic E-state index is 0.0116. The van der Waals surface area contributed by atoms with Crippen molar-refractivity contribution in [1.82, 2.24) is 4.72 Å². The number of halogens is 1. The summed E-state index contributed by atoms with van der Waals surface area (Å²) in [7, 11) is -4.19. The van der Waals surface area contributed by atoms with Crippen LogP contribution in [0.15, 0.2) is 77.7 Å². The van der Waals surface area contributed by atoms with E-state index in [1.54, 1.807) is 6.07 Å². The first-order valence-corrected chi connectivity index (χ1v) is 10.3. The number of urea groups is 1. The van der Waals surface area contributed by atoms with E-state index in [0.29, 0.717) is 5.75 Å². The molecular formula is C20H17ClN2O5S. The predicted molar refractivity (Wildman–Crippen MR) is 110 cm³/mol. The van der Waals surface area contributed by atoms with E-state index in [1.165, 1.54) is 36.4 Å². The Morgan fingerprint density at radius 2 is 1.69 bits per heavy atom. The lowest BCUT2D eigenvalue weighted by Crippen LogP contribution is -2.34. The third-order valence-electron chi connectivity index (χ3n) is 3.82. The van der Waals surface area contributed by atoms with Gasteiger partial charge in [-0.15, -0.1) is 0 Å². The number of ether oxygens (including phenoxy) is 1. The number of phenols is 1. The molecule has 3 aromatic carbocycles. The van der Waals surface area contributed by atoms with Crippen molar-refractivity contribution in [2.75, 3.05) is 5.32 Å². The van der Waals surface area contributed by atoms with Gasteiger partial charge in [0.15, 0.2) is 0 Å². The van der Waals surface area contributed by atoms with Gasteiger partial charge >= 0.3 is 6.03 Å². The average molecular weight is 433 g/mol. The Balaban J connectivity index is 1.69. The Morgan fingerprint density at radius 3 is 2.41 bits per heavy atom. The maximum atomic E-state index is 12.3. The molecule has 0 heterocycles. The lowest BCUT2D eigenvalue weighted by molar-refractivity contribution is 0.256. The molecule has 3 aromatic rings. The van der Waals surface area contributed by atoms with E-state index in [9.17, 15) is 18.3 Å². The molecule has 0 fully saturated rings. The molecule has 0 aliphatic rings. The standard InChI is InChI=1S/C20H17ClN2O5S/c21-16-8-4-5-9-19(16)29(26,27)23-20(25)22-17-12-15(10-11-18(17)24)28-13-14-6-2-1-3-7-14/h1-12,24H,13H2,(H2,22,23,25). The van der Waals surface area contributed by atoms with Gasteiger partial charge in [-0.1, -0.05) is 54.1 Å². The number of benzene rings is 3. The molecule has 9 heteroatoms. The van der Waals surface area contributed by atoms with E-state index >= 15 is 0 Å². The number of rotatable bonds is 6. The van der Waals surface area contributed by atoms with E-state index in [-0.39, 0.29) is 28.0 Å². The summed E-state index contributed by atoms with van der Waals surface area (Å²) in [5.41, 5.74) is 0.932. The number of amides is 2. The smallest absolute Gasteiger partial charge is 0.333 e. The molecule has 0 spiro atoms. The first kappa shape index (κ1) is 20.5. The van der Waals surface area contributed by atoms with Gasteiger partial charge in [0.05, 0.1) is 10.7 Å². The molecule has 2 amide bonds. The van der Waals surface area contributed by atoms with Gasteiger partial charge < -0.3 is 15.2 Å². The van der Waals surface area contributed by atoms with Crippen LogP contribution < -0.4 is 14.8 Å². The van der Waals surface area contributed by atoms with Crippen LogP contribution in [0.3, 0.4) is 0 Å². The molecule has 150 valence electrons. The summed E-state index contributed by atoms with van der Waals surface area (Å²) in [5, 5.41) is 12.2. The number of carbonyl (C=O) groups is 1. The molecule has 7 nitrogen and oxygen atoms in total. The number of nitrogens with one attached hydrogen (secondary N) is 2. The van der Waals surface area contributed by atoms with Gasteiger partial charge in [-0.25, -0.2) is 17.9 Å². The van der Waals surface area contributed by atoms with E-state index < -0.39 is 16.1 Å². The number of hydrogen-bond donors (Lipinski definition) is 3. The summed E-state index contributed by atoms with van der Waals surface area (Å²) in [6, 6.07) is 18.4. The van der Waals surface area contributed by atoms with Crippen molar-refractivity contribution in [3.8, 4) is 11.5 Å². The summed E-state index contributed by atoms with van der Waals surface area (Å²) in [6.07, 6.45) is 0. The topological polar surface area (TPSA) is 105 Å². The monoisotopic (exact) mass is 432 g/mol. The molecule has 0 atom stereocenters. The van der Waals surface area contributed by atoms with Crippen LogP contribution in [0.1, 0.15) is 5.56 Å². The Kier molecular flexibility index (Phi) is 6.26. The van der Waals surface area contributed by atoms with Crippen molar-refractivity contribution < 1.29 is 23.1 Å². The third kappa shape index (κ3) is 5.40. The van der Waals surface area contributed by atoms with Gasteiger partial charge in [-0.3, -0.25) is 0 Å². The highest BCUT2D eigenvalue weighted by Crippen LogP contribution is 2.28. The van der Waals surface area contributed by atoms with Crippen LogP contribution in [-0.2, 0) is 16.6 Å². The van der Waals surface area contributed by atoms with Crippen LogP contribution in [0.4, 0.5) is 10.5 Å². The average Bonchev–Trinajstić information content (AvgIpc) is 2.69. The number of sulfonamides is 1. The summed E-state index contributed by atoms with van der Waals surface area (Å²) >= 11 is 5.88. The normalized spacial score (nSPS) is 10.9. The molecule has 3 rings (SSSR count). The number of anilines is 1. The number of hydrogen-bond acceptors (Lipinski definition) is 5. The maximum absolute atomic E-state index is 12.3. The highest BCUT2D eigenvalue weighted by Gasteiger charge is 2.21. The van der Waals surface area contributed by atoms with Crippen LogP contribution in [0.5, 0.6) is 11.5 Å². The number of phenolic OH excluding ortho intramolecular Hbond substituents is 1. The number of carbonyl (C=O) groups excluding carboxylic acids is 1. The quantitative estimate of drug-likeness (QED) is 0.508. The molecule has 0 aliphatic carbocycles. The minimum Gasteiger partial charge on any atom is -0.506 e. The van der Waals surface area contributed by atoms with Crippen LogP contribution in [0, 0.1) is 0 Å². The van der Waals surface area contributed by atoms with Crippen molar-refractivity contribution in [1.29, 1.82) is 0 Å². The molecule has 3 N–H and O–H groups in total. The van der Waals surface area contributed by atoms with Crippen LogP contribution in [-0.4, -0.2) is 19.6 Å². The first-order valence-electron chi connectivity index (χ1n) is 8.43. The zero-order chi connectivity index (χ0) is 20.9. The first-order chi connectivity index (χ1) is 13.8. The fourth-order valence-corrected chi connectivity index (χ4v) is 3.86. The molecular weight excluding hydrogens is 416 g/mol. The molecule has 0 bridgehead atoms. The largest absolute Gasteiger partial charge is 0.506 e. The second-order valence-electron chi connectivity index (χ2n) is 5.94. The lowest BCUT2D eigenvalue weighted by atomic mass is 10.2. The van der Waals surface area contributed by atoms with Crippen molar-refractivity contribution >= 4 is 33.3 Å². The van der Waals surface area contributed by atoms with Crippen molar-refractivity contribution in [3.63, 3.8) is 0 Å². The van der Waals surface area contributed by atoms with Gasteiger partial charge in [-0.05, 0) is 29.8 Å². The Labute approximate surface area is 173 Å². The van der Waals surface area contributed by atoms with Crippen molar-refractivity contribution in [2.45, 2.75) is 11.5 Å². The zero-order valence-electron chi connectivity index (χ0n) is 15.0. The second-order valence-corrected chi connectivity index (χ2v) is 8.00. The van der Waals surface area contributed by atoms with Gasteiger partial charge in [0.25, 0.3) is 10.0 Å². The van der Waals surface area contributed by atoms with E-state index in [2.05, 4.69) is 5.32 Å². The predicted octanol–water partition coefficient (Wildman–Crippen LogP) is 4.14. The molecule has 0 saturated heterocycles. The molecule has 0 aliphatic heterocycles. The lowest BCUT2D eigenvalue weighted by Gasteiger charge is -2.12. The van der Waals surface area contributed by atoms with Crippen LogP contribution >= 0.6 is 11.6 Å². The maximum Gasteiger partial charge on any atom is 0.333 e. The molecule has 0 saturated carbocycles. The fraction of sp³-hybridized carbons (Fsp3) is 0.0500. The Morgan fingerprint density at radius 1 is 1.00 bits per heavy atom. The van der Waals surface area contributed by atoms with Gasteiger partial charge in [0.2, 0.25) is 0 Å². The van der Waals surface area contributed by atoms with Gasteiger partial charge in [0.1, 0.15) is 23.0 Å². The Bertz CT molecular complexity index is 1120. The van der Waals surface area contributed by atoms with Crippen molar-refractivity contribution in [2.24, 2.45) is 0 Å². The minimum atomic E-state index is -4.19. The molecule has 0 aromatic heterocycles. The molecule has 0 radical (unpaired) electrons. The van der Waals surface area contributed by atoms with E-state index in [1.807, 2.05) is 35.1 Å². The highest BCUT2D eigenvalue weighted by molar-refractivity contribution is 7.90. The van der Waals surface area contributed by atoms with Gasteiger partial charge in [-0.2, -0.15) is 0 Å². The summed E-state index contributed by atoms with van der Waals surface area (Å²) in [5.74, 6) is 0.137. The highest BCUT2D eigenvalue weighted by atomic mass is 35.5. The van der Waals surface area contributed by atoms with E-state index in [4.69, 9.17) is 16.3 Å². The molecule has 29 heavy (non-hydrogen) atoms. The van der Waals surface area contributed by atoms with Gasteiger partial charge in [0, 0.05) is 6.07 Å². The summed E-state index contributed by atoms with van der Waals surface area (Å²) in [4.78, 5) is 11.9. The third-order valence-corrected chi connectivity index (χ3v) is 5.65. The molecule has 0 unspecified atom stereocenters. The SMILES string of the molecule is O=C(Nc1cc(OCc2ccccc2)ccc1O)NS(=O)(=O)c1ccccc1Cl. The number of aromatic hydroxyl groups is 1. The fourth-order valence-electron chi connectivity index (χ4n) is 2.43. The van der Waals surface area contributed by atoms with E-state index in [0.717, 1.165) is 5.56 Å². The van der Waals surface area contributed by atoms with Crippen LogP contribution in [0.2, 0.25) is 5.02 Å². The van der Waals surface area contributed by atoms with Crippen LogP contribution in [0.25, 0.3) is 0 Å².